The summed E-state index contributed by atoms with van der Waals surface area (Å²) < 4.78 is 29.9. The quantitative estimate of drug-likeness (QED) is 0.475. The Morgan fingerprint density at radius 3 is 2.39 bits per heavy atom. The highest BCUT2D eigenvalue weighted by Crippen LogP contribution is 2.45. The summed E-state index contributed by atoms with van der Waals surface area (Å²) in [4.78, 5) is 33.8. The fourth-order valence-electron chi connectivity index (χ4n) is 4.90. The minimum atomic E-state index is -0.393. The molecule has 1 N–H and O–H groups in total. The van der Waals surface area contributed by atoms with Gasteiger partial charge in [0.1, 0.15) is 23.9 Å². The first kappa shape index (κ1) is 25.7. The van der Waals surface area contributed by atoms with E-state index in [9.17, 15) is 14.0 Å². The number of ether oxygens (including phenoxy) is 3. The zero-order chi connectivity index (χ0) is 26.8. The zero-order valence-corrected chi connectivity index (χ0v) is 22.2. The molecular weight excluding hydrogens is 509 g/mol. The van der Waals surface area contributed by atoms with E-state index in [0.717, 1.165) is 36.8 Å². The highest BCUT2D eigenvalue weighted by atomic mass is 32.1. The lowest BCUT2D eigenvalue weighted by molar-refractivity contribution is -0.120. The first-order valence-corrected chi connectivity index (χ1v) is 13.1. The van der Waals surface area contributed by atoms with Crippen LogP contribution in [0.5, 0.6) is 17.2 Å². The number of fused-ring (bicyclic) bond motifs is 3. The summed E-state index contributed by atoms with van der Waals surface area (Å²) in [6.07, 6.45) is 3.90. The van der Waals surface area contributed by atoms with Crippen LogP contribution in [0.25, 0.3) is 0 Å². The average molecular weight is 538 g/mol. The van der Waals surface area contributed by atoms with Crippen LogP contribution in [0.4, 0.5) is 15.1 Å². The molecule has 1 aliphatic heterocycles. The van der Waals surface area contributed by atoms with E-state index in [1.54, 1.807) is 32.7 Å². The maximum Gasteiger partial charge on any atom is 0.249 e. The molecule has 198 valence electrons. The van der Waals surface area contributed by atoms with Gasteiger partial charge in [0.2, 0.25) is 17.6 Å². The molecule has 2 amide bonds. The van der Waals surface area contributed by atoms with Gasteiger partial charge in [-0.1, -0.05) is 0 Å². The molecule has 3 aromatic rings. The van der Waals surface area contributed by atoms with Crippen molar-refractivity contribution >= 4 is 39.6 Å². The second kappa shape index (κ2) is 10.8. The van der Waals surface area contributed by atoms with Gasteiger partial charge in [0.05, 0.1) is 27.0 Å². The van der Waals surface area contributed by atoms with Crippen molar-refractivity contribution in [1.82, 2.24) is 0 Å². The van der Waals surface area contributed by atoms with E-state index >= 15 is 0 Å². The van der Waals surface area contributed by atoms with Crippen molar-refractivity contribution in [3.8, 4) is 17.2 Å². The summed E-state index contributed by atoms with van der Waals surface area (Å²) in [5, 5.41) is 3.47. The molecule has 2 aliphatic rings. The second-order valence-electron chi connectivity index (χ2n) is 9.00. The van der Waals surface area contributed by atoms with Gasteiger partial charge in [-0.05, 0) is 67.6 Å². The van der Waals surface area contributed by atoms with Crippen molar-refractivity contribution in [2.75, 3.05) is 44.6 Å². The smallest absolute Gasteiger partial charge is 0.249 e. The monoisotopic (exact) mass is 537 g/mol. The number of hydrogen-bond acceptors (Lipinski definition) is 7. The molecule has 0 unspecified atom stereocenters. The number of amides is 2. The standard InChI is InChI=1S/C28H28FN3O5S/c1-35-20-12-16(13-21(36-2)27(20)37-3)26-25-19-6-4-5-7-22(19)38-28(25)32(24(34)14-30-26)15-23(33)31-18-10-8-17(29)9-11-18/h8-13H,4-7,14-15H2,1-3H3,(H,31,33). The van der Waals surface area contributed by atoms with Crippen molar-refractivity contribution in [3.05, 3.63) is 63.8 Å². The highest BCUT2D eigenvalue weighted by Gasteiger charge is 2.34. The molecule has 0 spiro atoms. The summed E-state index contributed by atoms with van der Waals surface area (Å²) in [6.45, 7) is -0.299. The summed E-state index contributed by atoms with van der Waals surface area (Å²) in [7, 11) is 4.65. The number of aliphatic imine (C=N–C) groups is 1. The molecule has 0 atom stereocenters. The molecule has 1 aliphatic carbocycles. The van der Waals surface area contributed by atoms with Crippen molar-refractivity contribution < 1.29 is 28.2 Å². The normalized spacial score (nSPS) is 14.7. The number of nitrogens with one attached hydrogen (secondary N) is 1. The van der Waals surface area contributed by atoms with Gasteiger partial charge in [0.25, 0.3) is 0 Å². The van der Waals surface area contributed by atoms with Gasteiger partial charge in [-0.2, -0.15) is 0 Å². The van der Waals surface area contributed by atoms with Crippen LogP contribution in [0, 0.1) is 5.82 Å². The van der Waals surface area contributed by atoms with Crippen molar-refractivity contribution in [3.63, 3.8) is 0 Å². The van der Waals surface area contributed by atoms with Crippen LogP contribution in [0.2, 0.25) is 0 Å². The van der Waals surface area contributed by atoms with E-state index < -0.39 is 5.82 Å². The summed E-state index contributed by atoms with van der Waals surface area (Å²) in [6, 6.07) is 9.18. The maximum atomic E-state index is 13.4. The number of halogens is 1. The molecule has 5 rings (SSSR count). The number of benzene rings is 2. The van der Waals surface area contributed by atoms with E-state index in [4.69, 9.17) is 19.2 Å². The molecule has 0 saturated heterocycles. The lowest BCUT2D eigenvalue weighted by Gasteiger charge is -2.21. The number of rotatable bonds is 7. The second-order valence-corrected chi connectivity index (χ2v) is 10.1. The number of aryl methyl sites for hydroxylation is 1. The molecule has 2 aromatic carbocycles. The topological polar surface area (TPSA) is 89.5 Å². The first-order valence-electron chi connectivity index (χ1n) is 12.3. The Kier molecular flexibility index (Phi) is 7.33. The third-order valence-electron chi connectivity index (χ3n) is 6.68. The maximum absolute atomic E-state index is 13.4. The van der Waals surface area contributed by atoms with Crippen LogP contribution in [-0.2, 0) is 22.4 Å². The van der Waals surface area contributed by atoms with Crippen LogP contribution in [0.1, 0.15) is 34.4 Å². The Bertz CT molecular complexity index is 1390. The predicted molar refractivity (Wildman–Crippen MR) is 145 cm³/mol. The van der Waals surface area contributed by atoms with Gasteiger partial charge in [0, 0.05) is 21.7 Å². The third kappa shape index (κ3) is 4.83. The predicted octanol–water partition coefficient (Wildman–Crippen LogP) is 4.61. The lowest BCUT2D eigenvalue weighted by Crippen LogP contribution is -2.38. The van der Waals surface area contributed by atoms with Crippen molar-refractivity contribution in [2.45, 2.75) is 25.7 Å². The van der Waals surface area contributed by atoms with E-state index in [1.807, 2.05) is 12.1 Å². The molecule has 1 aromatic heterocycles. The number of carbonyl (C=O) groups is 2. The van der Waals surface area contributed by atoms with Crippen LogP contribution in [-0.4, -0.2) is 51.9 Å². The summed E-state index contributed by atoms with van der Waals surface area (Å²) in [5.74, 6) is 0.398. The molecule has 2 heterocycles. The molecule has 8 nitrogen and oxygen atoms in total. The van der Waals surface area contributed by atoms with E-state index in [0.29, 0.717) is 33.6 Å². The lowest BCUT2D eigenvalue weighted by atomic mass is 9.91. The zero-order valence-electron chi connectivity index (χ0n) is 21.4. The number of methoxy groups -OCH3 is 3. The summed E-state index contributed by atoms with van der Waals surface area (Å²) in [5.41, 5.74) is 3.89. The molecular formula is C28H28FN3O5S. The summed E-state index contributed by atoms with van der Waals surface area (Å²) >= 11 is 1.55. The third-order valence-corrected chi connectivity index (χ3v) is 7.99. The Morgan fingerprint density at radius 1 is 1.05 bits per heavy atom. The van der Waals surface area contributed by atoms with Gasteiger partial charge in [-0.25, -0.2) is 4.39 Å². The number of hydrogen-bond donors (Lipinski definition) is 1. The van der Waals surface area contributed by atoms with E-state index in [2.05, 4.69) is 5.32 Å². The molecule has 38 heavy (non-hydrogen) atoms. The Labute approximate surface area is 224 Å². The average Bonchev–Trinajstić information content (AvgIpc) is 3.25. The van der Waals surface area contributed by atoms with Gasteiger partial charge in [-0.15, -0.1) is 11.3 Å². The molecule has 0 fully saturated rings. The fourth-order valence-corrected chi connectivity index (χ4v) is 6.31. The minimum Gasteiger partial charge on any atom is -0.493 e. The van der Waals surface area contributed by atoms with E-state index in [-0.39, 0.29) is 24.9 Å². The van der Waals surface area contributed by atoms with Gasteiger partial charge in [0.15, 0.2) is 11.5 Å². The number of carbonyl (C=O) groups excluding carboxylic acids is 2. The number of anilines is 2. The fraction of sp³-hybridized carbons (Fsp3) is 0.321. The number of nitrogens with zero attached hydrogens (tertiary/aromatic N) is 2. The van der Waals surface area contributed by atoms with E-state index in [1.165, 1.54) is 39.6 Å². The Balaban J connectivity index is 1.57. The minimum absolute atomic E-state index is 0.119. The largest absolute Gasteiger partial charge is 0.493 e. The van der Waals surface area contributed by atoms with Crippen molar-refractivity contribution in [2.24, 2.45) is 4.99 Å². The van der Waals surface area contributed by atoms with Crippen LogP contribution < -0.4 is 24.4 Å². The Hall–Kier alpha value is -3.92. The van der Waals surface area contributed by atoms with Gasteiger partial charge < -0.3 is 19.5 Å². The SMILES string of the molecule is COc1cc(C2=NCC(=O)N(CC(=O)Nc3ccc(F)cc3)c3sc4c(c32)CCCC4)cc(OC)c1OC. The van der Waals surface area contributed by atoms with Gasteiger partial charge in [-0.3, -0.25) is 19.5 Å². The first-order chi connectivity index (χ1) is 18.4. The highest BCUT2D eigenvalue weighted by molar-refractivity contribution is 7.17. The number of thiophene rings is 1. The van der Waals surface area contributed by atoms with Crippen LogP contribution >= 0.6 is 11.3 Å². The van der Waals surface area contributed by atoms with Crippen LogP contribution in [0.3, 0.4) is 0 Å². The van der Waals surface area contributed by atoms with Gasteiger partial charge >= 0.3 is 0 Å². The molecule has 0 bridgehead atoms. The Morgan fingerprint density at radius 2 is 1.74 bits per heavy atom. The van der Waals surface area contributed by atoms with Crippen LogP contribution in [0.15, 0.2) is 41.4 Å². The molecule has 10 heteroatoms. The molecule has 0 saturated carbocycles. The molecule has 0 radical (unpaired) electrons. The van der Waals surface area contributed by atoms with Crippen molar-refractivity contribution in [1.29, 1.82) is 0 Å².